The Labute approximate surface area is 106 Å². The third-order valence-electron chi connectivity index (χ3n) is 2.71. The van der Waals surface area contributed by atoms with Crippen molar-refractivity contribution < 1.29 is 9.59 Å². The van der Waals surface area contributed by atoms with Gasteiger partial charge < -0.3 is 10.6 Å². The molecule has 1 aromatic heterocycles. The Kier molecular flexibility index (Phi) is 3.92. The van der Waals surface area contributed by atoms with Crippen LogP contribution in [0.4, 0.5) is 0 Å². The fourth-order valence-corrected chi connectivity index (χ4v) is 1.53. The highest BCUT2D eigenvalue weighted by molar-refractivity contribution is 5.99. The van der Waals surface area contributed by atoms with Crippen molar-refractivity contribution in [3.05, 3.63) is 29.6 Å². The lowest BCUT2D eigenvalue weighted by atomic mass is 10.2. The lowest BCUT2D eigenvalue weighted by Gasteiger charge is -2.06. The monoisotopic (exact) mass is 247 g/mol. The zero-order chi connectivity index (χ0) is 13.0. The number of amides is 2. The summed E-state index contributed by atoms with van der Waals surface area (Å²) in [6.45, 7) is 2.61. The molecule has 0 radical (unpaired) electrons. The van der Waals surface area contributed by atoms with Crippen molar-refractivity contribution in [2.45, 2.75) is 32.2 Å². The van der Waals surface area contributed by atoms with Gasteiger partial charge in [-0.15, -0.1) is 0 Å². The standard InChI is InChI=1S/C13H17N3O2/c1-2-5-15-12(17)9-6-10(8-14-7-9)13(18)16-11-3-4-11/h6-8,11H,2-5H2,1H3,(H,15,17)(H,16,18). The molecule has 1 fully saturated rings. The van der Waals surface area contributed by atoms with Crippen LogP contribution in [0.5, 0.6) is 0 Å². The number of carbonyl (C=O) groups excluding carboxylic acids is 2. The first-order valence-corrected chi connectivity index (χ1v) is 6.25. The van der Waals surface area contributed by atoms with E-state index in [-0.39, 0.29) is 11.8 Å². The van der Waals surface area contributed by atoms with Crippen LogP contribution < -0.4 is 10.6 Å². The molecule has 1 saturated carbocycles. The summed E-state index contributed by atoms with van der Waals surface area (Å²) in [6, 6.07) is 1.88. The van der Waals surface area contributed by atoms with Crippen LogP contribution >= 0.6 is 0 Å². The lowest BCUT2D eigenvalue weighted by molar-refractivity contribution is 0.0950. The summed E-state index contributed by atoms with van der Waals surface area (Å²) in [5, 5.41) is 5.63. The molecular weight excluding hydrogens is 230 g/mol. The summed E-state index contributed by atoms with van der Waals surface area (Å²) in [6.07, 6.45) is 5.90. The van der Waals surface area contributed by atoms with Gasteiger partial charge in [0.15, 0.2) is 0 Å². The predicted molar refractivity (Wildman–Crippen MR) is 67.3 cm³/mol. The minimum atomic E-state index is -0.189. The van der Waals surface area contributed by atoms with E-state index in [2.05, 4.69) is 15.6 Å². The average Bonchev–Trinajstić information content (AvgIpc) is 3.20. The zero-order valence-corrected chi connectivity index (χ0v) is 10.4. The molecule has 0 spiro atoms. The minimum absolute atomic E-state index is 0.157. The Bertz CT molecular complexity index is 455. The van der Waals surface area contributed by atoms with Crippen molar-refractivity contribution in [1.82, 2.24) is 15.6 Å². The van der Waals surface area contributed by atoms with Crippen LogP contribution in [0.25, 0.3) is 0 Å². The van der Waals surface area contributed by atoms with Crippen LogP contribution in [0, 0.1) is 0 Å². The molecule has 1 heterocycles. The van der Waals surface area contributed by atoms with Crippen molar-refractivity contribution >= 4 is 11.8 Å². The van der Waals surface area contributed by atoms with Crippen molar-refractivity contribution in [2.75, 3.05) is 6.54 Å². The van der Waals surface area contributed by atoms with Crippen molar-refractivity contribution in [1.29, 1.82) is 0 Å². The summed E-state index contributed by atoms with van der Waals surface area (Å²) in [5.74, 6) is -0.347. The molecule has 0 aliphatic heterocycles. The van der Waals surface area contributed by atoms with Gasteiger partial charge in [-0.25, -0.2) is 0 Å². The molecule has 0 atom stereocenters. The third-order valence-corrected chi connectivity index (χ3v) is 2.71. The van der Waals surface area contributed by atoms with E-state index in [9.17, 15) is 9.59 Å². The number of pyridine rings is 1. The smallest absolute Gasteiger partial charge is 0.253 e. The van der Waals surface area contributed by atoms with Gasteiger partial charge in [0.1, 0.15) is 0 Å². The molecule has 2 amide bonds. The Morgan fingerprint density at radius 3 is 2.56 bits per heavy atom. The Balaban J connectivity index is 2.03. The van der Waals surface area contributed by atoms with Gasteiger partial charge in [-0.2, -0.15) is 0 Å². The van der Waals surface area contributed by atoms with E-state index in [1.54, 1.807) is 6.07 Å². The number of nitrogens with one attached hydrogen (secondary N) is 2. The molecule has 5 heteroatoms. The molecule has 1 aliphatic carbocycles. The molecule has 0 saturated heterocycles. The van der Waals surface area contributed by atoms with Gasteiger partial charge in [-0.3, -0.25) is 14.6 Å². The van der Waals surface area contributed by atoms with Crippen LogP contribution in [0.2, 0.25) is 0 Å². The summed E-state index contributed by atoms with van der Waals surface area (Å²) in [7, 11) is 0. The fraction of sp³-hybridized carbons (Fsp3) is 0.462. The largest absolute Gasteiger partial charge is 0.352 e. The molecule has 18 heavy (non-hydrogen) atoms. The second-order valence-corrected chi connectivity index (χ2v) is 4.47. The summed E-state index contributed by atoms with van der Waals surface area (Å²) in [5.41, 5.74) is 0.859. The van der Waals surface area contributed by atoms with Crippen LogP contribution in [-0.2, 0) is 0 Å². The molecule has 0 bridgehead atoms. The number of hydrogen-bond donors (Lipinski definition) is 2. The predicted octanol–water partition coefficient (Wildman–Crippen LogP) is 1.11. The number of rotatable bonds is 5. The van der Waals surface area contributed by atoms with E-state index in [1.807, 2.05) is 6.92 Å². The van der Waals surface area contributed by atoms with Crippen LogP contribution in [0.1, 0.15) is 46.9 Å². The normalized spacial score (nSPS) is 14.1. The summed E-state index contributed by atoms with van der Waals surface area (Å²) >= 11 is 0. The van der Waals surface area contributed by atoms with Crippen LogP contribution in [0.15, 0.2) is 18.5 Å². The van der Waals surface area contributed by atoms with E-state index in [0.717, 1.165) is 19.3 Å². The SMILES string of the molecule is CCCNC(=O)c1cncc(C(=O)NC2CC2)c1. The van der Waals surface area contributed by atoms with Gasteiger partial charge in [-0.05, 0) is 25.3 Å². The summed E-state index contributed by atoms with van der Waals surface area (Å²) in [4.78, 5) is 27.5. The summed E-state index contributed by atoms with van der Waals surface area (Å²) < 4.78 is 0. The number of nitrogens with zero attached hydrogens (tertiary/aromatic N) is 1. The maximum atomic E-state index is 11.8. The molecule has 96 valence electrons. The van der Waals surface area contributed by atoms with Gasteiger partial charge in [0.05, 0.1) is 11.1 Å². The number of hydrogen-bond acceptors (Lipinski definition) is 3. The van der Waals surface area contributed by atoms with E-state index in [1.165, 1.54) is 12.4 Å². The van der Waals surface area contributed by atoms with Gasteiger partial charge in [0, 0.05) is 25.0 Å². The highest BCUT2D eigenvalue weighted by atomic mass is 16.2. The molecule has 5 nitrogen and oxygen atoms in total. The van der Waals surface area contributed by atoms with Crippen molar-refractivity contribution in [3.8, 4) is 0 Å². The highest BCUT2D eigenvalue weighted by Gasteiger charge is 2.24. The minimum Gasteiger partial charge on any atom is -0.352 e. The molecule has 2 rings (SSSR count). The molecule has 0 aromatic carbocycles. The Hall–Kier alpha value is -1.91. The molecule has 1 aliphatic rings. The van der Waals surface area contributed by atoms with E-state index in [4.69, 9.17) is 0 Å². The third kappa shape index (κ3) is 3.29. The van der Waals surface area contributed by atoms with E-state index >= 15 is 0 Å². The average molecular weight is 247 g/mol. The van der Waals surface area contributed by atoms with E-state index < -0.39 is 0 Å². The quantitative estimate of drug-likeness (QED) is 0.819. The number of aromatic nitrogens is 1. The topological polar surface area (TPSA) is 71.1 Å². The van der Waals surface area contributed by atoms with Gasteiger partial charge >= 0.3 is 0 Å². The molecule has 1 aromatic rings. The second kappa shape index (κ2) is 5.62. The van der Waals surface area contributed by atoms with Gasteiger partial charge in [0.2, 0.25) is 0 Å². The first kappa shape index (κ1) is 12.5. The maximum absolute atomic E-state index is 11.8. The zero-order valence-electron chi connectivity index (χ0n) is 10.4. The van der Waals surface area contributed by atoms with Crippen molar-refractivity contribution in [2.24, 2.45) is 0 Å². The second-order valence-electron chi connectivity index (χ2n) is 4.47. The molecular formula is C13H17N3O2. The van der Waals surface area contributed by atoms with Gasteiger partial charge in [0.25, 0.3) is 11.8 Å². The van der Waals surface area contributed by atoms with Crippen LogP contribution in [0.3, 0.4) is 0 Å². The Morgan fingerprint density at radius 2 is 1.94 bits per heavy atom. The lowest BCUT2D eigenvalue weighted by Crippen LogP contribution is -2.27. The van der Waals surface area contributed by atoms with E-state index in [0.29, 0.717) is 23.7 Å². The molecule has 0 unspecified atom stereocenters. The first-order valence-electron chi connectivity index (χ1n) is 6.25. The van der Waals surface area contributed by atoms with Crippen molar-refractivity contribution in [3.63, 3.8) is 0 Å². The fourth-order valence-electron chi connectivity index (χ4n) is 1.53. The number of carbonyl (C=O) groups is 2. The van der Waals surface area contributed by atoms with Crippen LogP contribution in [-0.4, -0.2) is 29.4 Å². The Morgan fingerprint density at radius 1 is 1.28 bits per heavy atom. The first-order chi connectivity index (χ1) is 8.70. The highest BCUT2D eigenvalue weighted by Crippen LogP contribution is 2.19. The maximum Gasteiger partial charge on any atom is 0.253 e. The van der Waals surface area contributed by atoms with Gasteiger partial charge in [-0.1, -0.05) is 6.92 Å². The molecule has 2 N–H and O–H groups in total.